The molecule has 9 heteroatoms. The molecule has 1 N–H and O–H groups in total. The van der Waals surface area contributed by atoms with Crippen LogP contribution >= 0.6 is 11.6 Å². The standard InChI is InChI=1S/C32H38ClN3O4S/c1-4-30(32(38)34-26-14-10-11-15-26)35(21-25-13-9-8-12-23(25)2)31(37)22-36(27-19-18-24(3)29(33)20-27)41(39,40)28-16-6-5-7-17-28/h5-9,12-13,16-20,26,30H,4,10-11,14-15,21-22H2,1-3H3,(H,34,38)/t30-/m1/s1. The van der Waals surface area contributed by atoms with E-state index >= 15 is 0 Å². The lowest BCUT2D eigenvalue weighted by molar-refractivity contribution is -0.140. The molecular weight excluding hydrogens is 558 g/mol. The minimum atomic E-state index is -4.14. The van der Waals surface area contributed by atoms with Crippen LogP contribution in [0.2, 0.25) is 5.02 Å². The minimum absolute atomic E-state index is 0.0565. The van der Waals surface area contributed by atoms with Gasteiger partial charge in [0.2, 0.25) is 11.8 Å². The molecule has 0 unspecified atom stereocenters. The Kier molecular flexibility index (Phi) is 10.1. The summed E-state index contributed by atoms with van der Waals surface area (Å²) >= 11 is 6.40. The number of nitrogens with zero attached hydrogens (tertiary/aromatic N) is 2. The van der Waals surface area contributed by atoms with Crippen molar-refractivity contribution in [3.05, 3.63) is 94.5 Å². The molecule has 0 heterocycles. The Bertz CT molecular complexity index is 1470. The number of sulfonamides is 1. The highest BCUT2D eigenvalue weighted by Gasteiger charge is 2.34. The third-order valence-corrected chi connectivity index (χ3v) is 9.94. The van der Waals surface area contributed by atoms with E-state index in [0.717, 1.165) is 46.7 Å². The van der Waals surface area contributed by atoms with Crippen molar-refractivity contribution in [2.45, 2.75) is 76.4 Å². The first-order valence-corrected chi connectivity index (χ1v) is 15.9. The normalized spacial score (nSPS) is 14.4. The molecule has 0 saturated heterocycles. The van der Waals surface area contributed by atoms with Crippen LogP contribution in [0.4, 0.5) is 5.69 Å². The van der Waals surface area contributed by atoms with Gasteiger partial charge < -0.3 is 10.2 Å². The number of hydrogen-bond acceptors (Lipinski definition) is 4. The van der Waals surface area contributed by atoms with Crippen molar-refractivity contribution in [2.75, 3.05) is 10.8 Å². The number of carbonyl (C=O) groups excluding carboxylic acids is 2. The highest BCUT2D eigenvalue weighted by atomic mass is 35.5. The number of hydrogen-bond donors (Lipinski definition) is 1. The van der Waals surface area contributed by atoms with Crippen molar-refractivity contribution in [1.29, 1.82) is 0 Å². The third-order valence-electron chi connectivity index (χ3n) is 7.74. The Morgan fingerprint density at radius 1 is 0.951 bits per heavy atom. The van der Waals surface area contributed by atoms with E-state index in [2.05, 4.69) is 5.32 Å². The van der Waals surface area contributed by atoms with Crippen LogP contribution in [-0.4, -0.2) is 43.8 Å². The molecule has 7 nitrogen and oxygen atoms in total. The maximum absolute atomic E-state index is 14.2. The Labute approximate surface area is 248 Å². The Morgan fingerprint density at radius 2 is 1.61 bits per heavy atom. The van der Waals surface area contributed by atoms with Gasteiger partial charge in [-0.25, -0.2) is 8.42 Å². The fourth-order valence-electron chi connectivity index (χ4n) is 5.24. The summed E-state index contributed by atoms with van der Waals surface area (Å²) in [5.74, 6) is -0.685. The van der Waals surface area contributed by atoms with Crippen molar-refractivity contribution < 1.29 is 18.0 Å². The number of amides is 2. The van der Waals surface area contributed by atoms with Gasteiger partial charge in [0, 0.05) is 17.6 Å². The molecule has 1 aliphatic rings. The van der Waals surface area contributed by atoms with Crippen LogP contribution < -0.4 is 9.62 Å². The summed E-state index contributed by atoms with van der Waals surface area (Å²) in [6.45, 7) is 5.34. The SMILES string of the molecule is CC[C@H](C(=O)NC1CCCC1)N(Cc1ccccc1C)C(=O)CN(c1ccc(C)c(Cl)c1)S(=O)(=O)c1ccccc1. The lowest BCUT2D eigenvalue weighted by Gasteiger charge is -2.34. The second-order valence-corrected chi connectivity index (χ2v) is 12.9. The van der Waals surface area contributed by atoms with Crippen molar-refractivity contribution in [2.24, 2.45) is 0 Å². The fourth-order valence-corrected chi connectivity index (χ4v) is 6.85. The van der Waals surface area contributed by atoms with E-state index in [1.807, 2.05) is 45.0 Å². The maximum Gasteiger partial charge on any atom is 0.264 e. The minimum Gasteiger partial charge on any atom is -0.352 e. The summed E-state index contributed by atoms with van der Waals surface area (Å²) < 4.78 is 29.0. The quantitative estimate of drug-likeness (QED) is 0.294. The van der Waals surface area contributed by atoms with Crippen LogP contribution in [0.3, 0.4) is 0 Å². The number of rotatable bonds is 11. The van der Waals surface area contributed by atoms with Gasteiger partial charge >= 0.3 is 0 Å². The predicted octanol–water partition coefficient (Wildman–Crippen LogP) is 6.02. The van der Waals surface area contributed by atoms with Gasteiger partial charge in [0.1, 0.15) is 12.6 Å². The van der Waals surface area contributed by atoms with E-state index in [9.17, 15) is 18.0 Å². The monoisotopic (exact) mass is 595 g/mol. The number of halogens is 1. The first-order valence-electron chi connectivity index (χ1n) is 14.1. The van der Waals surface area contributed by atoms with Gasteiger partial charge in [-0.3, -0.25) is 13.9 Å². The van der Waals surface area contributed by atoms with Gasteiger partial charge in [-0.1, -0.05) is 79.9 Å². The maximum atomic E-state index is 14.2. The first kappa shape index (κ1) is 30.6. The fraction of sp³-hybridized carbons (Fsp3) is 0.375. The zero-order valence-electron chi connectivity index (χ0n) is 23.8. The Balaban J connectivity index is 1.73. The zero-order chi connectivity index (χ0) is 29.6. The molecule has 2 amide bonds. The molecule has 1 fully saturated rings. The van der Waals surface area contributed by atoms with Crippen molar-refractivity contribution in [1.82, 2.24) is 10.2 Å². The first-order chi connectivity index (χ1) is 19.6. The zero-order valence-corrected chi connectivity index (χ0v) is 25.4. The van der Waals surface area contributed by atoms with Crippen molar-refractivity contribution >= 4 is 39.1 Å². The molecule has 4 rings (SSSR count). The van der Waals surface area contributed by atoms with Gasteiger partial charge in [-0.05, 0) is 74.1 Å². The highest BCUT2D eigenvalue weighted by Crippen LogP contribution is 2.29. The summed E-state index contributed by atoms with van der Waals surface area (Å²) in [5.41, 5.74) is 2.94. The predicted molar refractivity (Wildman–Crippen MR) is 163 cm³/mol. The summed E-state index contributed by atoms with van der Waals surface area (Å²) in [4.78, 5) is 29.4. The second kappa shape index (κ2) is 13.5. The van der Waals surface area contributed by atoms with Gasteiger partial charge in [0.05, 0.1) is 10.6 Å². The molecular formula is C32H38ClN3O4S. The topological polar surface area (TPSA) is 86.8 Å². The van der Waals surface area contributed by atoms with Crippen LogP contribution in [-0.2, 0) is 26.2 Å². The summed E-state index contributed by atoms with van der Waals surface area (Å²) in [7, 11) is -4.14. The number of benzene rings is 3. The van der Waals surface area contributed by atoms with Gasteiger partial charge in [-0.15, -0.1) is 0 Å². The Hall–Kier alpha value is -3.36. The van der Waals surface area contributed by atoms with E-state index in [-0.39, 0.29) is 29.1 Å². The van der Waals surface area contributed by atoms with E-state index in [1.54, 1.807) is 36.4 Å². The molecule has 0 bridgehead atoms. The third kappa shape index (κ3) is 7.29. The molecule has 0 radical (unpaired) electrons. The lowest BCUT2D eigenvalue weighted by atomic mass is 10.1. The molecule has 41 heavy (non-hydrogen) atoms. The molecule has 1 aliphatic carbocycles. The van der Waals surface area contributed by atoms with Crippen LogP contribution in [0.5, 0.6) is 0 Å². The molecule has 3 aromatic carbocycles. The van der Waals surface area contributed by atoms with Crippen LogP contribution in [0.25, 0.3) is 0 Å². The highest BCUT2D eigenvalue weighted by molar-refractivity contribution is 7.92. The average molecular weight is 596 g/mol. The van der Waals surface area contributed by atoms with E-state index < -0.39 is 28.5 Å². The van der Waals surface area contributed by atoms with E-state index in [1.165, 1.54) is 17.0 Å². The smallest absolute Gasteiger partial charge is 0.264 e. The van der Waals surface area contributed by atoms with Gasteiger partial charge in [0.15, 0.2) is 0 Å². The molecule has 3 aromatic rings. The van der Waals surface area contributed by atoms with Crippen molar-refractivity contribution in [3.8, 4) is 0 Å². The average Bonchev–Trinajstić information content (AvgIpc) is 3.47. The largest absolute Gasteiger partial charge is 0.352 e. The number of anilines is 1. The molecule has 218 valence electrons. The van der Waals surface area contributed by atoms with Crippen LogP contribution in [0.15, 0.2) is 77.7 Å². The molecule has 1 atom stereocenters. The number of carbonyl (C=O) groups is 2. The summed E-state index contributed by atoms with van der Waals surface area (Å²) in [5, 5.41) is 3.53. The van der Waals surface area contributed by atoms with E-state index in [4.69, 9.17) is 11.6 Å². The van der Waals surface area contributed by atoms with Gasteiger partial charge in [0.25, 0.3) is 10.0 Å². The summed E-state index contributed by atoms with van der Waals surface area (Å²) in [6, 6.07) is 20.0. The van der Waals surface area contributed by atoms with E-state index in [0.29, 0.717) is 11.4 Å². The summed E-state index contributed by atoms with van der Waals surface area (Å²) in [6.07, 6.45) is 4.37. The van der Waals surface area contributed by atoms with Gasteiger partial charge in [-0.2, -0.15) is 0 Å². The molecule has 0 aromatic heterocycles. The van der Waals surface area contributed by atoms with Crippen molar-refractivity contribution in [3.63, 3.8) is 0 Å². The Morgan fingerprint density at radius 3 is 2.24 bits per heavy atom. The van der Waals surface area contributed by atoms with Crippen LogP contribution in [0, 0.1) is 13.8 Å². The lowest BCUT2D eigenvalue weighted by Crippen LogP contribution is -2.53. The molecule has 1 saturated carbocycles. The molecule has 0 spiro atoms. The molecule has 0 aliphatic heterocycles. The number of aryl methyl sites for hydroxylation is 2. The number of nitrogens with one attached hydrogen (secondary N) is 1. The van der Waals surface area contributed by atoms with Crippen LogP contribution in [0.1, 0.15) is 55.7 Å². The second-order valence-electron chi connectivity index (χ2n) is 10.6.